The summed E-state index contributed by atoms with van der Waals surface area (Å²) in [7, 11) is 0. The van der Waals surface area contributed by atoms with Crippen LogP contribution in [0.2, 0.25) is 0 Å². The highest BCUT2D eigenvalue weighted by Crippen LogP contribution is 2.23. The molecule has 0 bridgehead atoms. The fourth-order valence-electron chi connectivity index (χ4n) is 2.80. The van der Waals surface area contributed by atoms with Crippen molar-refractivity contribution in [2.75, 3.05) is 36.5 Å². The second-order valence-electron chi connectivity index (χ2n) is 5.46. The quantitative estimate of drug-likeness (QED) is 0.934. The van der Waals surface area contributed by atoms with E-state index < -0.39 is 0 Å². The van der Waals surface area contributed by atoms with Gasteiger partial charge in [0.2, 0.25) is 0 Å². The van der Waals surface area contributed by atoms with Crippen molar-refractivity contribution in [3.63, 3.8) is 0 Å². The lowest BCUT2D eigenvalue weighted by atomic mass is 10.1. The second kappa shape index (κ2) is 7.14. The highest BCUT2D eigenvalue weighted by molar-refractivity contribution is 7.99. The Balaban J connectivity index is 1.89. The number of pyridine rings is 1. The van der Waals surface area contributed by atoms with Crippen LogP contribution < -0.4 is 5.32 Å². The molecule has 1 aromatic heterocycles. The fourth-order valence-corrected chi connectivity index (χ4v) is 3.72. The predicted octanol–water partition coefficient (Wildman–Crippen LogP) is 3.61. The molecule has 0 amide bonds. The van der Waals surface area contributed by atoms with Gasteiger partial charge in [-0.25, -0.2) is 4.98 Å². The van der Waals surface area contributed by atoms with Crippen LogP contribution in [-0.4, -0.2) is 41.0 Å². The van der Waals surface area contributed by atoms with E-state index in [0.29, 0.717) is 0 Å². The molecule has 2 aromatic rings. The number of thioether (sulfide) groups is 1. The number of nitrogens with zero attached hydrogens (tertiary/aromatic N) is 2. The van der Waals surface area contributed by atoms with Gasteiger partial charge in [0.25, 0.3) is 0 Å². The predicted molar refractivity (Wildman–Crippen MR) is 93.1 cm³/mol. The maximum atomic E-state index is 4.81. The van der Waals surface area contributed by atoms with E-state index in [-0.39, 0.29) is 0 Å². The van der Waals surface area contributed by atoms with Gasteiger partial charge in [-0.2, -0.15) is 11.8 Å². The van der Waals surface area contributed by atoms with Crippen molar-refractivity contribution < 1.29 is 0 Å². The summed E-state index contributed by atoms with van der Waals surface area (Å²) in [6.45, 7) is 6.42. The summed E-state index contributed by atoms with van der Waals surface area (Å²) in [5.74, 6) is 3.59. The third-order valence-corrected chi connectivity index (χ3v) is 4.90. The smallest absolute Gasteiger partial charge is 0.131 e. The first-order valence-electron chi connectivity index (χ1n) is 7.79. The Morgan fingerprint density at radius 2 is 2.14 bits per heavy atom. The lowest BCUT2D eigenvalue weighted by Crippen LogP contribution is -2.26. The summed E-state index contributed by atoms with van der Waals surface area (Å²) >= 11 is 2.07. The Kier molecular flexibility index (Phi) is 4.99. The van der Waals surface area contributed by atoms with Crippen LogP contribution in [-0.2, 0) is 6.54 Å². The van der Waals surface area contributed by atoms with Crippen molar-refractivity contribution in [3.05, 3.63) is 35.9 Å². The molecule has 3 nitrogen and oxygen atoms in total. The Morgan fingerprint density at radius 1 is 1.24 bits per heavy atom. The number of anilines is 1. The van der Waals surface area contributed by atoms with Crippen molar-refractivity contribution in [2.24, 2.45) is 0 Å². The Bertz CT molecular complexity index is 592. The third kappa shape index (κ3) is 3.69. The van der Waals surface area contributed by atoms with Crippen LogP contribution in [0.4, 0.5) is 5.82 Å². The number of hydrogen-bond acceptors (Lipinski definition) is 4. The van der Waals surface area contributed by atoms with Crippen LogP contribution in [0.5, 0.6) is 0 Å². The summed E-state index contributed by atoms with van der Waals surface area (Å²) in [6.07, 6.45) is 1.29. The molecule has 1 aromatic carbocycles. The molecule has 1 aliphatic rings. The molecule has 1 N–H and O–H groups in total. The molecular formula is C17H23N3S. The fraction of sp³-hybridized carbons (Fsp3) is 0.471. The molecular weight excluding hydrogens is 278 g/mol. The number of para-hydroxylation sites is 1. The molecule has 0 radical (unpaired) electrons. The number of benzene rings is 1. The molecule has 4 heteroatoms. The zero-order valence-electron chi connectivity index (χ0n) is 12.6. The van der Waals surface area contributed by atoms with Crippen molar-refractivity contribution in [2.45, 2.75) is 19.9 Å². The van der Waals surface area contributed by atoms with E-state index in [2.05, 4.69) is 59.2 Å². The van der Waals surface area contributed by atoms with E-state index in [0.717, 1.165) is 24.4 Å². The van der Waals surface area contributed by atoms with E-state index in [1.165, 1.54) is 42.0 Å². The van der Waals surface area contributed by atoms with Gasteiger partial charge in [-0.05, 0) is 37.8 Å². The van der Waals surface area contributed by atoms with Gasteiger partial charge in [-0.15, -0.1) is 0 Å². The van der Waals surface area contributed by atoms with Gasteiger partial charge < -0.3 is 5.32 Å². The third-order valence-electron chi connectivity index (χ3n) is 3.86. The van der Waals surface area contributed by atoms with E-state index >= 15 is 0 Å². The standard InChI is InChI=1S/C17H23N3S/c1-2-18-17-15(13-20-8-5-10-21-11-9-20)12-14-6-3-4-7-16(14)19-17/h3-4,6-7,12H,2,5,8-11,13H2,1H3,(H,18,19). The molecule has 2 heterocycles. The van der Waals surface area contributed by atoms with Crippen molar-refractivity contribution in [1.29, 1.82) is 0 Å². The van der Waals surface area contributed by atoms with Gasteiger partial charge in [-0.3, -0.25) is 4.90 Å². The van der Waals surface area contributed by atoms with Crippen LogP contribution in [0.15, 0.2) is 30.3 Å². The first-order valence-corrected chi connectivity index (χ1v) is 8.95. The highest BCUT2D eigenvalue weighted by Gasteiger charge is 2.13. The summed E-state index contributed by atoms with van der Waals surface area (Å²) < 4.78 is 0. The van der Waals surface area contributed by atoms with Crippen molar-refractivity contribution >= 4 is 28.5 Å². The van der Waals surface area contributed by atoms with E-state index in [4.69, 9.17) is 4.98 Å². The average Bonchev–Trinajstić information content (AvgIpc) is 2.77. The molecule has 0 aliphatic carbocycles. The summed E-state index contributed by atoms with van der Waals surface area (Å²) in [5.41, 5.74) is 2.39. The number of aromatic nitrogens is 1. The number of nitrogens with one attached hydrogen (secondary N) is 1. The molecule has 21 heavy (non-hydrogen) atoms. The van der Waals surface area contributed by atoms with E-state index in [1.54, 1.807) is 0 Å². The van der Waals surface area contributed by atoms with Gasteiger partial charge in [0.15, 0.2) is 0 Å². The van der Waals surface area contributed by atoms with Crippen LogP contribution in [0.1, 0.15) is 18.9 Å². The van der Waals surface area contributed by atoms with Crippen molar-refractivity contribution in [3.8, 4) is 0 Å². The van der Waals surface area contributed by atoms with Gasteiger partial charge in [0.05, 0.1) is 5.52 Å². The molecule has 0 saturated carbocycles. The molecule has 1 aliphatic heterocycles. The molecule has 0 spiro atoms. The van der Waals surface area contributed by atoms with Gasteiger partial charge in [0, 0.05) is 36.3 Å². The second-order valence-corrected chi connectivity index (χ2v) is 6.69. The van der Waals surface area contributed by atoms with Gasteiger partial charge in [-0.1, -0.05) is 18.2 Å². The van der Waals surface area contributed by atoms with Crippen molar-refractivity contribution in [1.82, 2.24) is 9.88 Å². The summed E-state index contributed by atoms with van der Waals surface area (Å²) in [6, 6.07) is 10.7. The largest absolute Gasteiger partial charge is 0.370 e. The number of fused-ring (bicyclic) bond motifs is 1. The minimum Gasteiger partial charge on any atom is -0.370 e. The molecule has 1 saturated heterocycles. The molecule has 0 atom stereocenters. The number of rotatable bonds is 4. The topological polar surface area (TPSA) is 28.2 Å². The first-order chi connectivity index (χ1) is 10.4. The highest BCUT2D eigenvalue weighted by atomic mass is 32.2. The molecule has 112 valence electrons. The summed E-state index contributed by atoms with van der Waals surface area (Å²) in [4.78, 5) is 7.37. The Morgan fingerprint density at radius 3 is 3.05 bits per heavy atom. The Labute approximate surface area is 131 Å². The normalized spacial score (nSPS) is 16.8. The molecule has 3 rings (SSSR count). The minimum absolute atomic E-state index is 0.911. The van der Waals surface area contributed by atoms with Crippen LogP contribution in [0.25, 0.3) is 10.9 Å². The molecule has 0 unspecified atom stereocenters. The molecule has 1 fully saturated rings. The van der Waals surface area contributed by atoms with E-state index in [9.17, 15) is 0 Å². The monoisotopic (exact) mass is 301 g/mol. The van der Waals surface area contributed by atoms with Gasteiger partial charge in [0.1, 0.15) is 5.82 Å². The summed E-state index contributed by atoms with van der Waals surface area (Å²) in [5, 5.41) is 4.67. The lowest BCUT2D eigenvalue weighted by Gasteiger charge is -2.21. The number of hydrogen-bond donors (Lipinski definition) is 1. The first kappa shape index (κ1) is 14.7. The lowest BCUT2D eigenvalue weighted by molar-refractivity contribution is 0.288. The average molecular weight is 301 g/mol. The van der Waals surface area contributed by atoms with Crippen LogP contribution in [0.3, 0.4) is 0 Å². The SMILES string of the molecule is CCNc1nc2ccccc2cc1CN1CCCSCC1. The van der Waals surface area contributed by atoms with E-state index in [1.807, 2.05) is 0 Å². The zero-order chi connectivity index (χ0) is 14.5. The maximum absolute atomic E-state index is 4.81. The Hall–Kier alpha value is -1.26. The van der Waals surface area contributed by atoms with Crippen LogP contribution >= 0.6 is 11.8 Å². The zero-order valence-corrected chi connectivity index (χ0v) is 13.5. The maximum Gasteiger partial charge on any atom is 0.131 e. The minimum atomic E-state index is 0.911. The van der Waals surface area contributed by atoms with Crippen LogP contribution in [0, 0.1) is 0 Å². The van der Waals surface area contributed by atoms with Gasteiger partial charge >= 0.3 is 0 Å².